The maximum Gasteiger partial charge on any atom is 0.324 e. The first kappa shape index (κ1) is 29.7. The van der Waals surface area contributed by atoms with Crippen molar-refractivity contribution in [2.45, 2.75) is 87.6 Å². The minimum absolute atomic E-state index is 0.0181. The fourth-order valence-corrected chi connectivity index (χ4v) is 10.5. The number of thioether (sulfide) groups is 1. The predicted octanol–water partition coefficient (Wildman–Crippen LogP) is 2.88. The van der Waals surface area contributed by atoms with Crippen LogP contribution in [0.1, 0.15) is 64.9 Å². The van der Waals surface area contributed by atoms with Crippen molar-refractivity contribution >= 4 is 23.7 Å². The number of carbonyl (C=O) groups is 2. The molecule has 0 amide bonds. The van der Waals surface area contributed by atoms with Crippen LogP contribution in [0.15, 0.2) is 6.07 Å². The molecule has 6 aliphatic rings. The van der Waals surface area contributed by atoms with Crippen LogP contribution < -0.4 is 24.7 Å². The van der Waals surface area contributed by atoms with Gasteiger partial charge in [-0.1, -0.05) is 13.0 Å². The van der Waals surface area contributed by atoms with Crippen molar-refractivity contribution in [1.29, 1.82) is 5.26 Å². The van der Waals surface area contributed by atoms with Gasteiger partial charge in [0.25, 0.3) is 0 Å². The minimum Gasteiger partial charge on any atom is -0.504 e. The number of hydrogen-bond donors (Lipinski definition) is 2. The highest BCUT2D eigenvalue weighted by molar-refractivity contribution is 7.99. The summed E-state index contributed by atoms with van der Waals surface area (Å²) in [6.07, 6.45) is 0.299. The lowest BCUT2D eigenvalue weighted by Gasteiger charge is -2.63. The topological polar surface area (TPSA) is 157 Å². The van der Waals surface area contributed by atoms with E-state index in [4.69, 9.17) is 29.4 Å². The molecule has 4 unspecified atom stereocenters. The molecule has 2 aromatic rings. The largest absolute Gasteiger partial charge is 0.504 e. The Morgan fingerprint density at radius 3 is 2.72 bits per heavy atom. The molecule has 242 valence electrons. The van der Waals surface area contributed by atoms with Gasteiger partial charge in [0.1, 0.15) is 23.9 Å². The maximum atomic E-state index is 13.2. The Hall–Kier alpha value is -3.70. The zero-order valence-corrected chi connectivity index (χ0v) is 27.1. The van der Waals surface area contributed by atoms with Crippen LogP contribution in [0.25, 0.3) is 0 Å². The van der Waals surface area contributed by atoms with E-state index in [0.717, 1.165) is 27.8 Å². The molecular formula is C33H36N4O8S. The lowest BCUT2D eigenvalue weighted by Crippen LogP contribution is -2.72. The van der Waals surface area contributed by atoms with E-state index < -0.39 is 47.0 Å². The van der Waals surface area contributed by atoms with Crippen LogP contribution in [0.5, 0.6) is 28.7 Å². The number of phenols is 1. The Labute approximate surface area is 270 Å². The summed E-state index contributed by atoms with van der Waals surface area (Å²) in [5, 5.41) is 22.5. The summed E-state index contributed by atoms with van der Waals surface area (Å²) in [4.78, 5) is 30.5. The number of nitriles is 1. The molecule has 5 aliphatic heterocycles. The summed E-state index contributed by atoms with van der Waals surface area (Å²) in [6.45, 7) is 7.79. The predicted molar refractivity (Wildman–Crippen MR) is 165 cm³/mol. The van der Waals surface area contributed by atoms with Crippen molar-refractivity contribution in [3.63, 3.8) is 0 Å². The smallest absolute Gasteiger partial charge is 0.324 e. The SMILES string of the molecule is CCN1[C@@H]2c3c(cc(C)c(OC)c3O)C[C@H]1[C@H](C#N)N1C2[C@@H]2SCC(N)C(=O)OC3CC31c1c3c(c(C)c(OC(C)=O)c12)OCO3. The number of methoxy groups -OCH3 is 1. The average Bonchev–Trinajstić information content (AvgIpc) is 3.47. The highest BCUT2D eigenvalue weighted by Gasteiger charge is 2.75. The fraction of sp³-hybridized carbons (Fsp3) is 0.545. The van der Waals surface area contributed by atoms with E-state index in [-0.39, 0.29) is 30.4 Å². The highest BCUT2D eigenvalue weighted by atomic mass is 32.2. The molecule has 12 nitrogen and oxygen atoms in total. The lowest BCUT2D eigenvalue weighted by molar-refractivity contribution is -0.151. The second-order valence-electron chi connectivity index (χ2n) is 13.0. The molecule has 5 heterocycles. The van der Waals surface area contributed by atoms with Crippen molar-refractivity contribution in [3.8, 4) is 34.8 Å². The van der Waals surface area contributed by atoms with Gasteiger partial charge in [0.05, 0.1) is 30.0 Å². The number of fused-ring (bicyclic) bond motifs is 8. The first-order valence-corrected chi connectivity index (χ1v) is 16.7. The molecule has 1 aliphatic carbocycles. The maximum absolute atomic E-state index is 13.2. The molecule has 2 aromatic carbocycles. The van der Waals surface area contributed by atoms with Gasteiger partial charge in [-0.25, -0.2) is 0 Å². The van der Waals surface area contributed by atoms with Crippen molar-refractivity contribution in [1.82, 2.24) is 9.80 Å². The number of likely N-dealkylation sites (N-methyl/N-ethyl adjacent to an activating group) is 1. The standard InChI is InChI=1S/C33H36N4O8S/c1-6-36-18-8-16-7-13(2)27(41-5)26(39)21(16)24(36)25-31-22-23(30-29(42-12-43-30)14(3)28(22)44-15(4)38)33(37(25)19(18)10-34)9-20(33)45-32(40)17(35)11-46-31/h7,17-20,24-25,31,39H,6,8-9,11-12,35H2,1-5H3/t17?,18-,19-,20?,24+,25?,31+,33?/m0/s1. The molecule has 4 bridgehead atoms. The Kier molecular flexibility index (Phi) is 6.55. The monoisotopic (exact) mass is 648 g/mol. The number of ether oxygens (including phenoxy) is 5. The number of rotatable bonds is 3. The molecule has 2 saturated heterocycles. The van der Waals surface area contributed by atoms with Crippen LogP contribution in [0.4, 0.5) is 0 Å². The van der Waals surface area contributed by atoms with E-state index in [0.29, 0.717) is 47.9 Å². The number of benzene rings is 2. The Morgan fingerprint density at radius 2 is 2.02 bits per heavy atom. The third-order valence-corrected chi connectivity index (χ3v) is 12.2. The molecule has 0 radical (unpaired) electrons. The summed E-state index contributed by atoms with van der Waals surface area (Å²) >= 11 is 1.47. The second-order valence-corrected chi connectivity index (χ2v) is 14.2. The first-order chi connectivity index (χ1) is 22.1. The van der Waals surface area contributed by atoms with E-state index in [1.165, 1.54) is 18.7 Å². The van der Waals surface area contributed by atoms with E-state index >= 15 is 0 Å². The molecule has 1 spiro atoms. The van der Waals surface area contributed by atoms with Gasteiger partial charge in [-0.2, -0.15) is 5.26 Å². The number of phenolic OH excluding ortho intramolecular Hbond substituents is 1. The van der Waals surface area contributed by atoms with Crippen molar-refractivity contribution in [3.05, 3.63) is 39.4 Å². The van der Waals surface area contributed by atoms with Crippen molar-refractivity contribution in [2.75, 3.05) is 26.2 Å². The normalized spacial score (nSPS) is 33.5. The van der Waals surface area contributed by atoms with Crippen LogP contribution in [-0.4, -0.2) is 83.3 Å². The molecule has 8 atom stereocenters. The molecule has 1 saturated carbocycles. The number of aromatic hydroxyl groups is 1. The zero-order chi connectivity index (χ0) is 32.4. The number of nitrogens with two attached hydrogens (primary N) is 1. The van der Waals surface area contributed by atoms with Gasteiger partial charge in [0.15, 0.2) is 23.0 Å². The van der Waals surface area contributed by atoms with Gasteiger partial charge >= 0.3 is 11.9 Å². The number of piperazine rings is 1. The minimum atomic E-state index is -0.983. The summed E-state index contributed by atoms with van der Waals surface area (Å²) < 4.78 is 30.1. The molecular weight excluding hydrogens is 612 g/mol. The van der Waals surface area contributed by atoms with Crippen LogP contribution in [0, 0.1) is 25.2 Å². The third-order valence-electron chi connectivity index (χ3n) is 10.7. The quantitative estimate of drug-likeness (QED) is 0.370. The third kappa shape index (κ3) is 3.67. The summed E-state index contributed by atoms with van der Waals surface area (Å²) in [5.74, 6) is 1.13. The van der Waals surface area contributed by atoms with E-state index in [2.05, 4.69) is 28.9 Å². The van der Waals surface area contributed by atoms with Gasteiger partial charge in [-0.05, 0) is 37.9 Å². The second kappa shape index (κ2) is 10.1. The molecule has 3 fully saturated rings. The average molecular weight is 649 g/mol. The molecule has 13 heteroatoms. The number of nitrogens with zero attached hydrogens (tertiary/aromatic N) is 3. The zero-order valence-electron chi connectivity index (χ0n) is 26.3. The lowest BCUT2D eigenvalue weighted by atomic mass is 9.70. The van der Waals surface area contributed by atoms with Crippen LogP contribution in [0.2, 0.25) is 0 Å². The van der Waals surface area contributed by atoms with Gasteiger partial charge in [0.2, 0.25) is 6.79 Å². The van der Waals surface area contributed by atoms with E-state index in [1.54, 1.807) is 7.11 Å². The number of esters is 2. The number of carbonyl (C=O) groups excluding carboxylic acids is 2. The van der Waals surface area contributed by atoms with Crippen molar-refractivity contribution in [2.24, 2.45) is 5.73 Å². The van der Waals surface area contributed by atoms with Gasteiger partial charge in [0, 0.05) is 53.4 Å². The fourth-order valence-electron chi connectivity index (χ4n) is 9.07. The van der Waals surface area contributed by atoms with Gasteiger partial charge in [-0.3, -0.25) is 19.4 Å². The molecule has 46 heavy (non-hydrogen) atoms. The van der Waals surface area contributed by atoms with Gasteiger partial charge in [-0.15, -0.1) is 11.8 Å². The highest BCUT2D eigenvalue weighted by Crippen LogP contribution is 2.71. The Bertz CT molecular complexity index is 1760. The molecule has 3 N–H and O–H groups in total. The first-order valence-electron chi connectivity index (χ1n) is 15.6. The van der Waals surface area contributed by atoms with Crippen LogP contribution in [-0.2, 0) is 26.3 Å². The Balaban J connectivity index is 1.49. The summed E-state index contributed by atoms with van der Waals surface area (Å²) in [5.41, 5.74) is 10.1. The number of aryl methyl sites for hydroxylation is 1. The molecule has 8 rings (SSSR count). The van der Waals surface area contributed by atoms with Gasteiger partial charge < -0.3 is 34.5 Å². The number of hydrogen-bond acceptors (Lipinski definition) is 13. The summed E-state index contributed by atoms with van der Waals surface area (Å²) in [7, 11) is 1.55. The Morgan fingerprint density at radius 1 is 1.26 bits per heavy atom. The van der Waals surface area contributed by atoms with Crippen LogP contribution >= 0.6 is 11.8 Å². The molecule has 0 aromatic heterocycles. The van der Waals surface area contributed by atoms with Crippen molar-refractivity contribution < 1.29 is 38.4 Å². The van der Waals surface area contributed by atoms with E-state index in [9.17, 15) is 20.0 Å². The van der Waals surface area contributed by atoms with Crippen LogP contribution in [0.3, 0.4) is 0 Å². The summed E-state index contributed by atoms with van der Waals surface area (Å²) in [6, 6.07) is 2.21. The van der Waals surface area contributed by atoms with E-state index in [1.807, 2.05) is 13.8 Å².